The van der Waals surface area contributed by atoms with E-state index >= 15 is 0 Å². The molecule has 42 heavy (non-hydrogen) atoms. The molecule has 0 aliphatic carbocycles. The van der Waals surface area contributed by atoms with Gasteiger partial charge in [-0.15, -0.1) is 0 Å². The number of hydrogen-bond donors (Lipinski definition) is 0. The Labute approximate surface area is 251 Å². The van der Waals surface area contributed by atoms with Gasteiger partial charge in [0.05, 0.1) is 21.7 Å². The van der Waals surface area contributed by atoms with Gasteiger partial charge in [-0.2, -0.15) is 0 Å². The van der Waals surface area contributed by atoms with E-state index in [1.54, 1.807) is 0 Å². The fraction of sp³-hybridized carbons (Fsp3) is 0.333. The molecule has 0 N–H and O–H groups in total. The molecule has 0 amide bonds. The lowest BCUT2D eigenvalue weighted by Gasteiger charge is -2.23. The standard InChI is InChI=1S/C36H43N2O2Si2/c1-22-12-14-27-28-15-17-30-32(34(28)40-33(27)31(22)29-16-13-24(21-38(29)5)36(2,3)4)37-35(39-30)23-18-25(41(6,7)8)20-26(19-23)42(9,10)11/h12-21H,1-11H3/q+1. The van der Waals surface area contributed by atoms with E-state index < -0.39 is 16.1 Å². The van der Waals surface area contributed by atoms with Crippen molar-refractivity contribution >= 4 is 59.6 Å². The maximum absolute atomic E-state index is 6.77. The lowest BCUT2D eigenvalue weighted by molar-refractivity contribution is -0.661. The number of nitrogens with zero attached hydrogens (tertiary/aromatic N) is 2. The maximum atomic E-state index is 6.77. The molecule has 3 heterocycles. The van der Waals surface area contributed by atoms with Gasteiger partial charge in [0, 0.05) is 28.0 Å². The maximum Gasteiger partial charge on any atom is 0.227 e. The van der Waals surface area contributed by atoms with Crippen molar-refractivity contribution < 1.29 is 13.4 Å². The highest BCUT2D eigenvalue weighted by Gasteiger charge is 2.27. The Hall–Kier alpha value is -3.49. The molecule has 0 radical (unpaired) electrons. The van der Waals surface area contributed by atoms with Crippen LogP contribution in [0.5, 0.6) is 0 Å². The first-order chi connectivity index (χ1) is 19.5. The van der Waals surface area contributed by atoms with Gasteiger partial charge in [0.1, 0.15) is 12.6 Å². The van der Waals surface area contributed by atoms with Crippen LogP contribution in [-0.4, -0.2) is 21.1 Å². The molecule has 0 unspecified atom stereocenters. The van der Waals surface area contributed by atoms with E-state index in [2.05, 4.69) is 133 Å². The summed E-state index contributed by atoms with van der Waals surface area (Å²) in [5, 5.41) is 5.04. The molecule has 3 aromatic heterocycles. The predicted octanol–water partition coefficient (Wildman–Crippen LogP) is 8.58. The molecule has 6 rings (SSSR count). The van der Waals surface area contributed by atoms with Gasteiger partial charge in [-0.25, -0.2) is 9.55 Å². The molecule has 0 saturated heterocycles. The number of pyridine rings is 1. The van der Waals surface area contributed by atoms with Gasteiger partial charge in [-0.05, 0) is 36.1 Å². The summed E-state index contributed by atoms with van der Waals surface area (Å²) in [6.07, 6.45) is 2.24. The molecule has 0 aliphatic heterocycles. The molecular weight excluding hydrogens is 549 g/mol. The Kier molecular flexibility index (Phi) is 6.48. The van der Waals surface area contributed by atoms with Crippen LogP contribution in [0, 0.1) is 6.92 Å². The zero-order valence-electron chi connectivity index (χ0n) is 27.0. The number of hydrogen-bond acceptors (Lipinski definition) is 3. The van der Waals surface area contributed by atoms with Crippen molar-refractivity contribution in [2.75, 3.05) is 0 Å². The van der Waals surface area contributed by atoms with Gasteiger partial charge in [-0.1, -0.05) is 101 Å². The van der Waals surface area contributed by atoms with Crippen LogP contribution in [0.3, 0.4) is 0 Å². The van der Waals surface area contributed by atoms with Crippen LogP contribution in [0.4, 0.5) is 0 Å². The first-order valence-electron chi connectivity index (χ1n) is 14.9. The van der Waals surface area contributed by atoms with Crippen LogP contribution in [-0.2, 0) is 12.5 Å². The van der Waals surface area contributed by atoms with E-state index in [-0.39, 0.29) is 5.41 Å². The minimum atomic E-state index is -1.54. The second kappa shape index (κ2) is 9.51. The van der Waals surface area contributed by atoms with Crippen LogP contribution in [0.15, 0.2) is 69.6 Å². The lowest BCUT2D eigenvalue weighted by atomic mass is 9.88. The monoisotopic (exact) mass is 591 g/mol. The minimum Gasteiger partial charge on any atom is -0.453 e. The highest BCUT2D eigenvalue weighted by Crippen LogP contribution is 2.40. The third-order valence-electron chi connectivity index (χ3n) is 8.54. The van der Waals surface area contributed by atoms with E-state index in [4.69, 9.17) is 13.8 Å². The SMILES string of the molecule is Cc1ccc2c(oc3c2ccc2oc(-c4cc([Si](C)(C)C)cc([Si](C)(C)C)c4)nc23)c1-c1ccc(C(C)(C)C)c[n+]1C. The summed E-state index contributed by atoms with van der Waals surface area (Å²) in [7, 11) is -0.965. The molecule has 3 aromatic carbocycles. The van der Waals surface area contributed by atoms with E-state index in [0.717, 1.165) is 49.9 Å². The fourth-order valence-corrected chi connectivity index (χ4v) is 8.25. The summed E-state index contributed by atoms with van der Waals surface area (Å²) in [5.74, 6) is 0.665. The zero-order chi connectivity index (χ0) is 30.4. The number of benzene rings is 3. The minimum absolute atomic E-state index is 0.0807. The largest absolute Gasteiger partial charge is 0.453 e. The van der Waals surface area contributed by atoms with E-state index in [9.17, 15) is 0 Å². The molecule has 0 spiro atoms. The van der Waals surface area contributed by atoms with E-state index in [1.807, 2.05) is 6.07 Å². The van der Waals surface area contributed by atoms with Crippen LogP contribution in [0.1, 0.15) is 31.9 Å². The Bertz CT molecular complexity index is 1980. The first kappa shape index (κ1) is 28.6. The summed E-state index contributed by atoms with van der Waals surface area (Å²) in [6.45, 7) is 23.3. The molecule has 0 saturated carbocycles. The molecule has 6 aromatic rings. The van der Waals surface area contributed by atoms with Gasteiger partial charge < -0.3 is 8.83 Å². The predicted molar refractivity (Wildman–Crippen MR) is 183 cm³/mol. The third-order valence-corrected chi connectivity index (χ3v) is 12.6. The molecule has 0 fully saturated rings. The zero-order valence-corrected chi connectivity index (χ0v) is 29.0. The smallest absolute Gasteiger partial charge is 0.227 e. The average Bonchev–Trinajstić information content (AvgIpc) is 3.49. The van der Waals surface area contributed by atoms with Crippen molar-refractivity contribution in [3.8, 4) is 22.7 Å². The first-order valence-corrected chi connectivity index (χ1v) is 21.9. The Morgan fingerprint density at radius 1 is 0.738 bits per heavy atom. The summed E-state index contributed by atoms with van der Waals surface area (Å²) in [5.41, 5.74) is 9.08. The van der Waals surface area contributed by atoms with Crippen molar-refractivity contribution in [3.05, 3.63) is 71.9 Å². The number of aromatic nitrogens is 2. The Morgan fingerprint density at radius 3 is 1.95 bits per heavy atom. The number of rotatable bonds is 4. The molecule has 4 nitrogen and oxygen atoms in total. The summed E-state index contributed by atoms with van der Waals surface area (Å²) in [4.78, 5) is 5.10. The van der Waals surface area contributed by atoms with Crippen LogP contribution >= 0.6 is 0 Å². The number of furan rings is 1. The summed E-state index contributed by atoms with van der Waals surface area (Å²) >= 11 is 0. The van der Waals surface area contributed by atoms with Gasteiger partial charge >= 0.3 is 0 Å². The van der Waals surface area contributed by atoms with Crippen molar-refractivity contribution in [1.82, 2.24) is 4.98 Å². The van der Waals surface area contributed by atoms with Crippen molar-refractivity contribution in [2.24, 2.45) is 7.05 Å². The van der Waals surface area contributed by atoms with Gasteiger partial charge in [0.15, 0.2) is 22.9 Å². The third kappa shape index (κ3) is 4.84. The van der Waals surface area contributed by atoms with Gasteiger partial charge in [0.25, 0.3) is 0 Å². The summed E-state index contributed by atoms with van der Waals surface area (Å²) in [6, 6.07) is 20.0. The fourth-order valence-electron chi connectivity index (χ4n) is 5.76. The van der Waals surface area contributed by atoms with Crippen molar-refractivity contribution in [2.45, 2.75) is 72.4 Å². The highest BCUT2D eigenvalue weighted by molar-refractivity contribution is 6.91. The van der Waals surface area contributed by atoms with Crippen LogP contribution in [0.25, 0.3) is 55.7 Å². The molecule has 0 aliphatic rings. The summed E-state index contributed by atoms with van der Waals surface area (Å²) < 4.78 is 15.4. The van der Waals surface area contributed by atoms with E-state index in [0.29, 0.717) is 5.89 Å². The molecule has 6 heteroatoms. The second-order valence-corrected chi connectivity index (χ2v) is 25.2. The second-order valence-electron chi connectivity index (χ2n) is 15.0. The van der Waals surface area contributed by atoms with Crippen molar-refractivity contribution in [3.63, 3.8) is 0 Å². The van der Waals surface area contributed by atoms with Crippen LogP contribution in [0.2, 0.25) is 39.3 Å². The Balaban J connectivity index is 1.57. The molecule has 216 valence electrons. The lowest BCUT2D eigenvalue weighted by Crippen LogP contribution is -2.45. The number of aryl methyl sites for hydroxylation is 2. The van der Waals surface area contributed by atoms with E-state index in [1.165, 1.54) is 21.5 Å². The molecule has 0 atom stereocenters. The number of oxazole rings is 1. The normalized spacial score (nSPS) is 13.1. The average molecular weight is 592 g/mol. The van der Waals surface area contributed by atoms with Gasteiger partial charge in [-0.3, -0.25) is 0 Å². The topological polar surface area (TPSA) is 43.1 Å². The van der Waals surface area contributed by atoms with Crippen molar-refractivity contribution in [1.29, 1.82) is 0 Å². The Morgan fingerprint density at radius 2 is 1.36 bits per heavy atom. The van der Waals surface area contributed by atoms with Crippen LogP contribution < -0.4 is 14.9 Å². The molecular formula is C36H43N2O2Si2+. The highest BCUT2D eigenvalue weighted by atomic mass is 28.3. The number of fused-ring (bicyclic) bond motifs is 5. The van der Waals surface area contributed by atoms with Gasteiger partial charge in [0.2, 0.25) is 11.6 Å². The quantitative estimate of drug-likeness (QED) is 0.152. The molecule has 0 bridgehead atoms.